The molecule has 0 saturated heterocycles. The zero-order chi connectivity index (χ0) is 21.9. The first-order valence-corrected chi connectivity index (χ1v) is 12.1. The van der Waals surface area contributed by atoms with Crippen LogP contribution in [0.1, 0.15) is 124 Å². The molecule has 0 N–H and O–H groups in total. The van der Waals surface area contributed by atoms with Gasteiger partial charge in [-0.25, -0.2) is 9.59 Å². The molecular formula is C26H42O4. The molecule has 0 atom stereocenters. The van der Waals surface area contributed by atoms with Crippen molar-refractivity contribution in [2.24, 2.45) is 0 Å². The first-order chi connectivity index (χ1) is 14.7. The molecule has 0 unspecified atom stereocenters. The summed E-state index contributed by atoms with van der Waals surface area (Å²) in [6, 6.07) is 6.54. The SMILES string of the molecule is CCCCCCCCCCOC(=O)c1ccc(C(=O)OCCCCCCCC)cc1. The lowest BCUT2D eigenvalue weighted by atomic mass is 10.1. The third kappa shape index (κ3) is 12.7. The highest BCUT2D eigenvalue weighted by molar-refractivity contribution is 5.93. The van der Waals surface area contributed by atoms with Crippen LogP contribution in [0.4, 0.5) is 0 Å². The van der Waals surface area contributed by atoms with Gasteiger partial charge in [-0.15, -0.1) is 0 Å². The second-order valence-electron chi connectivity index (χ2n) is 8.09. The highest BCUT2D eigenvalue weighted by Gasteiger charge is 2.11. The quantitative estimate of drug-likeness (QED) is 0.183. The summed E-state index contributed by atoms with van der Waals surface area (Å²) in [6.45, 7) is 5.33. The van der Waals surface area contributed by atoms with Crippen LogP contribution in [0, 0.1) is 0 Å². The van der Waals surface area contributed by atoms with Crippen molar-refractivity contribution < 1.29 is 19.1 Å². The van der Waals surface area contributed by atoms with Gasteiger partial charge in [-0.3, -0.25) is 0 Å². The highest BCUT2D eigenvalue weighted by Crippen LogP contribution is 2.11. The Morgan fingerprint density at radius 1 is 0.533 bits per heavy atom. The van der Waals surface area contributed by atoms with E-state index in [1.165, 1.54) is 64.2 Å². The molecule has 0 amide bonds. The van der Waals surface area contributed by atoms with Gasteiger partial charge in [-0.1, -0.05) is 90.9 Å². The van der Waals surface area contributed by atoms with Crippen molar-refractivity contribution in [2.45, 2.75) is 104 Å². The van der Waals surface area contributed by atoms with Gasteiger partial charge in [0, 0.05) is 0 Å². The Bertz CT molecular complexity index is 565. The normalized spacial score (nSPS) is 10.7. The van der Waals surface area contributed by atoms with E-state index in [2.05, 4.69) is 13.8 Å². The smallest absolute Gasteiger partial charge is 0.338 e. The van der Waals surface area contributed by atoms with Crippen molar-refractivity contribution in [3.63, 3.8) is 0 Å². The predicted octanol–water partition coefficient (Wildman–Crippen LogP) is 7.50. The average Bonchev–Trinajstić information content (AvgIpc) is 2.77. The second kappa shape index (κ2) is 18.0. The van der Waals surface area contributed by atoms with Crippen molar-refractivity contribution >= 4 is 11.9 Å². The molecule has 0 fully saturated rings. The first-order valence-electron chi connectivity index (χ1n) is 12.1. The van der Waals surface area contributed by atoms with Crippen molar-refractivity contribution in [1.82, 2.24) is 0 Å². The number of esters is 2. The van der Waals surface area contributed by atoms with E-state index >= 15 is 0 Å². The molecule has 4 nitrogen and oxygen atoms in total. The van der Waals surface area contributed by atoms with Crippen LogP contribution in [-0.4, -0.2) is 25.2 Å². The van der Waals surface area contributed by atoms with Crippen molar-refractivity contribution in [1.29, 1.82) is 0 Å². The summed E-state index contributed by atoms with van der Waals surface area (Å²) in [4.78, 5) is 24.2. The molecule has 0 heterocycles. The van der Waals surface area contributed by atoms with Crippen LogP contribution < -0.4 is 0 Å². The van der Waals surface area contributed by atoms with Crippen LogP contribution >= 0.6 is 0 Å². The lowest BCUT2D eigenvalue weighted by Crippen LogP contribution is -2.09. The molecular weight excluding hydrogens is 376 g/mol. The predicted molar refractivity (Wildman–Crippen MR) is 123 cm³/mol. The molecule has 0 bridgehead atoms. The number of benzene rings is 1. The lowest BCUT2D eigenvalue weighted by molar-refractivity contribution is 0.0483. The fourth-order valence-electron chi connectivity index (χ4n) is 3.36. The van der Waals surface area contributed by atoms with E-state index in [9.17, 15) is 9.59 Å². The zero-order valence-electron chi connectivity index (χ0n) is 19.3. The van der Waals surface area contributed by atoms with Gasteiger partial charge in [0.2, 0.25) is 0 Å². The third-order valence-electron chi connectivity index (χ3n) is 5.32. The maximum Gasteiger partial charge on any atom is 0.338 e. The minimum atomic E-state index is -0.331. The minimum Gasteiger partial charge on any atom is -0.462 e. The number of unbranched alkanes of at least 4 members (excludes halogenated alkanes) is 12. The van der Waals surface area contributed by atoms with Gasteiger partial charge in [0.15, 0.2) is 0 Å². The summed E-state index contributed by atoms with van der Waals surface area (Å²) in [5.74, 6) is -0.660. The summed E-state index contributed by atoms with van der Waals surface area (Å²) in [7, 11) is 0. The number of rotatable bonds is 18. The molecule has 30 heavy (non-hydrogen) atoms. The average molecular weight is 419 g/mol. The molecule has 0 aromatic heterocycles. The fourth-order valence-corrected chi connectivity index (χ4v) is 3.36. The van der Waals surface area contributed by atoms with Gasteiger partial charge < -0.3 is 9.47 Å². The van der Waals surface area contributed by atoms with Crippen LogP contribution in [0.25, 0.3) is 0 Å². The van der Waals surface area contributed by atoms with Gasteiger partial charge in [-0.2, -0.15) is 0 Å². The molecule has 1 aromatic carbocycles. The summed E-state index contributed by atoms with van der Waals surface area (Å²) >= 11 is 0. The molecule has 0 aliphatic rings. The Kier molecular flexibility index (Phi) is 15.7. The van der Waals surface area contributed by atoms with Crippen molar-refractivity contribution in [3.05, 3.63) is 35.4 Å². The van der Waals surface area contributed by atoms with Crippen LogP contribution in [0.3, 0.4) is 0 Å². The Morgan fingerprint density at radius 3 is 1.17 bits per heavy atom. The van der Waals surface area contributed by atoms with Crippen LogP contribution in [-0.2, 0) is 9.47 Å². The van der Waals surface area contributed by atoms with E-state index in [-0.39, 0.29) is 11.9 Å². The first kappa shape index (κ1) is 26.2. The van der Waals surface area contributed by atoms with E-state index in [1.807, 2.05) is 0 Å². The molecule has 170 valence electrons. The molecule has 0 radical (unpaired) electrons. The second-order valence-corrected chi connectivity index (χ2v) is 8.09. The number of carbonyl (C=O) groups is 2. The van der Waals surface area contributed by atoms with E-state index < -0.39 is 0 Å². The van der Waals surface area contributed by atoms with Gasteiger partial charge in [0.05, 0.1) is 24.3 Å². The minimum absolute atomic E-state index is 0.329. The van der Waals surface area contributed by atoms with Gasteiger partial charge in [-0.05, 0) is 37.1 Å². The Balaban J connectivity index is 2.15. The van der Waals surface area contributed by atoms with Crippen LogP contribution in [0.15, 0.2) is 24.3 Å². The number of hydrogen-bond acceptors (Lipinski definition) is 4. The number of hydrogen-bond donors (Lipinski definition) is 0. The van der Waals surface area contributed by atoms with Crippen LogP contribution in [0.2, 0.25) is 0 Å². The lowest BCUT2D eigenvalue weighted by Gasteiger charge is -2.07. The van der Waals surface area contributed by atoms with Crippen molar-refractivity contribution in [3.8, 4) is 0 Å². The van der Waals surface area contributed by atoms with Gasteiger partial charge in [0.25, 0.3) is 0 Å². The third-order valence-corrected chi connectivity index (χ3v) is 5.32. The molecule has 0 spiro atoms. The molecule has 0 saturated carbocycles. The molecule has 0 aliphatic heterocycles. The van der Waals surface area contributed by atoms with Crippen LogP contribution in [0.5, 0.6) is 0 Å². The van der Waals surface area contributed by atoms with E-state index in [0.29, 0.717) is 24.3 Å². The zero-order valence-corrected chi connectivity index (χ0v) is 19.3. The fraction of sp³-hybridized carbons (Fsp3) is 0.692. The number of ether oxygens (including phenoxy) is 2. The summed E-state index contributed by atoms with van der Waals surface area (Å²) in [6.07, 6.45) is 16.7. The van der Waals surface area contributed by atoms with E-state index in [4.69, 9.17) is 9.47 Å². The molecule has 1 rings (SSSR count). The largest absolute Gasteiger partial charge is 0.462 e. The monoisotopic (exact) mass is 418 g/mol. The standard InChI is InChI=1S/C26H42O4/c1-3-5-7-9-11-12-14-16-22-30-26(28)24-19-17-23(18-20-24)25(27)29-21-15-13-10-8-6-4-2/h17-20H,3-16,21-22H2,1-2H3. The summed E-state index contributed by atoms with van der Waals surface area (Å²) in [5.41, 5.74) is 0.947. The van der Waals surface area contributed by atoms with Gasteiger partial charge in [0.1, 0.15) is 0 Å². The number of carbonyl (C=O) groups excluding carboxylic acids is 2. The Morgan fingerprint density at radius 2 is 0.833 bits per heavy atom. The Labute approximate surface area is 183 Å². The van der Waals surface area contributed by atoms with Gasteiger partial charge >= 0.3 is 11.9 Å². The van der Waals surface area contributed by atoms with E-state index in [0.717, 1.165) is 25.7 Å². The molecule has 1 aromatic rings. The van der Waals surface area contributed by atoms with Crippen molar-refractivity contribution in [2.75, 3.05) is 13.2 Å². The highest BCUT2D eigenvalue weighted by atomic mass is 16.5. The topological polar surface area (TPSA) is 52.6 Å². The summed E-state index contributed by atoms with van der Waals surface area (Å²) in [5, 5.41) is 0. The maximum absolute atomic E-state index is 12.1. The maximum atomic E-state index is 12.1. The molecule has 4 heteroatoms. The van der Waals surface area contributed by atoms with E-state index in [1.54, 1.807) is 24.3 Å². The molecule has 0 aliphatic carbocycles. The Hall–Kier alpha value is -1.84. The summed E-state index contributed by atoms with van der Waals surface area (Å²) < 4.78 is 10.7.